The van der Waals surface area contributed by atoms with Gasteiger partial charge in [-0.2, -0.15) is 0 Å². The van der Waals surface area contributed by atoms with Crippen molar-refractivity contribution in [3.8, 4) is 23.9 Å². The molecule has 1 saturated carbocycles. The minimum absolute atomic E-state index is 0.443. The first-order chi connectivity index (χ1) is 7.76. The maximum atomic E-state index is 11.0. The standard InChI is InChI=1S/C13H14O3/c1-3-13(14)16-12(9-10-15-4-2)8-7-11-5-6-11/h3,11-12H,1,4-6H2,2H3. The Morgan fingerprint density at radius 2 is 2.31 bits per heavy atom. The average molecular weight is 218 g/mol. The highest BCUT2D eigenvalue weighted by molar-refractivity contribution is 5.81. The van der Waals surface area contributed by atoms with Crippen LogP contribution in [0.3, 0.4) is 0 Å². The molecule has 1 fully saturated rings. The first kappa shape index (κ1) is 12.2. The second-order valence-corrected chi connectivity index (χ2v) is 3.26. The highest BCUT2D eigenvalue weighted by atomic mass is 16.5. The molecule has 0 aliphatic heterocycles. The van der Waals surface area contributed by atoms with Crippen molar-refractivity contribution in [2.75, 3.05) is 6.61 Å². The summed E-state index contributed by atoms with van der Waals surface area (Å²) in [5.74, 6) is 8.35. The molecule has 0 amide bonds. The summed E-state index contributed by atoms with van der Waals surface area (Å²) in [6.07, 6.45) is 5.05. The van der Waals surface area contributed by atoms with Gasteiger partial charge in [-0.25, -0.2) is 4.79 Å². The smallest absolute Gasteiger partial charge is 0.332 e. The molecule has 1 atom stereocenters. The van der Waals surface area contributed by atoms with E-state index >= 15 is 0 Å². The predicted molar refractivity (Wildman–Crippen MR) is 60.0 cm³/mol. The number of rotatable bonds is 3. The summed E-state index contributed by atoms with van der Waals surface area (Å²) in [6, 6.07) is 0. The minimum Gasteiger partial charge on any atom is -0.447 e. The highest BCUT2D eigenvalue weighted by Crippen LogP contribution is 2.27. The van der Waals surface area contributed by atoms with Crippen LogP contribution in [0.2, 0.25) is 0 Å². The van der Waals surface area contributed by atoms with Crippen LogP contribution in [0.4, 0.5) is 0 Å². The lowest BCUT2D eigenvalue weighted by molar-refractivity contribution is -0.138. The van der Waals surface area contributed by atoms with E-state index in [1.165, 1.54) is 0 Å². The van der Waals surface area contributed by atoms with E-state index in [2.05, 4.69) is 30.4 Å². The molecule has 0 aromatic carbocycles. The van der Waals surface area contributed by atoms with Gasteiger partial charge < -0.3 is 9.47 Å². The zero-order valence-corrected chi connectivity index (χ0v) is 9.29. The van der Waals surface area contributed by atoms with Gasteiger partial charge in [-0.15, -0.1) is 0 Å². The van der Waals surface area contributed by atoms with Gasteiger partial charge in [0.05, 0.1) is 6.61 Å². The Bertz CT molecular complexity index is 371. The lowest BCUT2D eigenvalue weighted by Crippen LogP contribution is -2.12. The third kappa shape index (κ3) is 5.12. The summed E-state index contributed by atoms with van der Waals surface area (Å²) < 4.78 is 9.80. The van der Waals surface area contributed by atoms with E-state index in [9.17, 15) is 4.79 Å². The molecule has 0 heterocycles. The number of esters is 1. The highest BCUT2D eigenvalue weighted by Gasteiger charge is 2.18. The second kappa shape index (κ2) is 6.58. The number of hydrogen-bond acceptors (Lipinski definition) is 3. The van der Waals surface area contributed by atoms with E-state index in [4.69, 9.17) is 9.47 Å². The molecule has 3 heteroatoms. The van der Waals surface area contributed by atoms with Gasteiger partial charge in [-0.05, 0) is 31.6 Å². The number of carbonyl (C=O) groups excluding carboxylic acids is 1. The number of ether oxygens (including phenoxy) is 2. The molecular formula is C13H14O3. The van der Waals surface area contributed by atoms with E-state index in [1.807, 2.05) is 6.92 Å². The van der Waals surface area contributed by atoms with Crippen LogP contribution < -0.4 is 0 Å². The summed E-state index contributed by atoms with van der Waals surface area (Å²) in [5.41, 5.74) is 0. The molecule has 0 aromatic rings. The van der Waals surface area contributed by atoms with E-state index in [1.54, 1.807) is 0 Å². The fraction of sp³-hybridized carbons (Fsp3) is 0.462. The molecule has 1 aliphatic rings. The Morgan fingerprint density at radius 3 is 2.88 bits per heavy atom. The Labute approximate surface area is 95.8 Å². The molecule has 0 spiro atoms. The topological polar surface area (TPSA) is 35.5 Å². The lowest BCUT2D eigenvalue weighted by Gasteiger charge is -2.02. The molecule has 84 valence electrons. The van der Waals surface area contributed by atoms with Gasteiger partial charge in [0.25, 0.3) is 0 Å². The van der Waals surface area contributed by atoms with Gasteiger partial charge in [0.15, 0.2) is 0 Å². The Hall–Kier alpha value is -1.87. The Kier molecular flexibility index (Phi) is 5.02. The molecule has 1 rings (SSSR count). The third-order valence-electron chi connectivity index (χ3n) is 1.80. The van der Waals surface area contributed by atoms with E-state index < -0.39 is 12.1 Å². The van der Waals surface area contributed by atoms with Gasteiger partial charge in [0.1, 0.15) is 6.11 Å². The molecule has 1 aliphatic carbocycles. The van der Waals surface area contributed by atoms with Crippen molar-refractivity contribution in [2.45, 2.75) is 25.9 Å². The summed E-state index contributed by atoms with van der Waals surface area (Å²) >= 11 is 0. The van der Waals surface area contributed by atoms with Crippen LogP contribution in [0.5, 0.6) is 0 Å². The quantitative estimate of drug-likeness (QED) is 0.409. The van der Waals surface area contributed by atoms with Crippen LogP contribution >= 0.6 is 0 Å². The zero-order chi connectivity index (χ0) is 11.8. The molecular weight excluding hydrogens is 204 g/mol. The molecule has 16 heavy (non-hydrogen) atoms. The number of carbonyl (C=O) groups is 1. The van der Waals surface area contributed by atoms with Crippen molar-refractivity contribution < 1.29 is 14.3 Å². The predicted octanol–water partition coefficient (Wildman–Crippen LogP) is 1.50. The Balaban J connectivity index is 2.54. The van der Waals surface area contributed by atoms with Gasteiger partial charge in [0.2, 0.25) is 6.10 Å². The van der Waals surface area contributed by atoms with Crippen molar-refractivity contribution in [1.82, 2.24) is 0 Å². The van der Waals surface area contributed by atoms with E-state index in [0.717, 1.165) is 18.9 Å². The zero-order valence-electron chi connectivity index (χ0n) is 9.29. The normalized spacial score (nSPS) is 14.6. The molecule has 0 radical (unpaired) electrons. The molecule has 0 N–H and O–H groups in total. The maximum absolute atomic E-state index is 11.0. The van der Waals surface area contributed by atoms with Crippen LogP contribution in [0.25, 0.3) is 0 Å². The average Bonchev–Trinajstić information content (AvgIpc) is 3.09. The van der Waals surface area contributed by atoms with Crippen molar-refractivity contribution in [2.24, 2.45) is 5.92 Å². The molecule has 0 aromatic heterocycles. The second-order valence-electron chi connectivity index (χ2n) is 3.26. The van der Waals surface area contributed by atoms with E-state index in [-0.39, 0.29) is 0 Å². The fourth-order valence-electron chi connectivity index (χ4n) is 0.848. The molecule has 0 bridgehead atoms. The molecule has 3 nitrogen and oxygen atoms in total. The summed E-state index contributed by atoms with van der Waals surface area (Å²) in [6.45, 7) is 5.64. The minimum atomic E-state index is -0.724. The molecule has 0 saturated heterocycles. The van der Waals surface area contributed by atoms with Crippen LogP contribution in [-0.4, -0.2) is 18.7 Å². The van der Waals surface area contributed by atoms with Crippen LogP contribution in [0.15, 0.2) is 12.7 Å². The Morgan fingerprint density at radius 1 is 1.56 bits per heavy atom. The summed E-state index contributed by atoms with van der Waals surface area (Å²) in [4.78, 5) is 11.0. The maximum Gasteiger partial charge on any atom is 0.332 e. The van der Waals surface area contributed by atoms with Crippen LogP contribution in [-0.2, 0) is 14.3 Å². The first-order valence-corrected chi connectivity index (χ1v) is 5.22. The van der Waals surface area contributed by atoms with E-state index in [0.29, 0.717) is 12.5 Å². The van der Waals surface area contributed by atoms with Gasteiger partial charge in [0, 0.05) is 12.0 Å². The van der Waals surface area contributed by atoms with Crippen molar-refractivity contribution >= 4 is 5.97 Å². The molecule has 1 unspecified atom stereocenters. The summed E-state index contributed by atoms with van der Waals surface area (Å²) in [7, 11) is 0. The van der Waals surface area contributed by atoms with Crippen molar-refractivity contribution in [3.63, 3.8) is 0 Å². The van der Waals surface area contributed by atoms with Gasteiger partial charge >= 0.3 is 5.97 Å². The fourth-order valence-corrected chi connectivity index (χ4v) is 0.848. The van der Waals surface area contributed by atoms with Gasteiger partial charge in [-0.3, -0.25) is 0 Å². The first-order valence-electron chi connectivity index (χ1n) is 5.22. The third-order valence-corrected chi connectivity index (χ3v) is 1.80. The largest absolute Gasteiger partial charge is 0.447 e. The lowest BCUT2D eigenvalue weighted by atomic mass is 10.3. The van der Waals surface area contributed by atoms with Crippen molar-refractivity contribution in [1.29, 1.82) is 0 Å². The van der Waals surface area contributed by atoms with Crippen LogP contribution in [0.1, 0.15) is 19.8 Å². The summed E-state index contributed by atoms with van der Waals surface area (Å²) in [5, 5.41) is 0. The SMILES string of the molecule is C=CC(=O)OC(C#COCC)C#CC1CC1. The van der Waals surface area contributed by atoms with Crippen molar-refractivity contribution in [3.05, 3.63) is 12.7 Å². The van der Waals surface area contributed by atoms with Gasteiger partial charge in [-0.1, -0.05) is 12.5 Å². The van der Waals surface area contributed by atoms with Crippen LogP contribution in [0, 0.1) is 29.8 Å². The number of hydrogen-bond donors (Lipinski definition) is 0. The monoisotopic (exact) mass is 218 g/mol.